The van der Waals surface area contributed by atoms with Crippen LogP contribution in [0.25, 0.3) is 0 Å². The topological polar surface area (TPSA) is 89.6 Å². The zero-order valence-electron chi connectivity index (χ0n) is 27.4. The zero-order valence-corrected chi connectivity index (χ0v) is 28.2. The van der Waals surface area contributed by atoms with Crippen LogP contribution in [0.4, 0.5) is 4.79 Å². The number of benzene rings is 3. The number of halogens is 1. The fraction of sp³-hybridized carbons (Fsp3) is 0.444. The summed E-state index contributed by atoms with van der Waals surface area (Å²) in [7, 11) is 3.24. The van der Waals surface area contributed by atoms with Crippen molar-refractivity contribution < 1.29 is 28.5 Å². The number of carbonyl (C=O) groups is 2. The smallest absolute Gasteiger partial charge is 0.410 e. The molecule has 1 aliphatic rings. The predicted molar refractivity (Wildman–Crippen MR) is 182 cm³/mol. The minimum absolute atomic E-state index is 0. The molecule has 250 valence electrons. The number of nitrogens with one attached hydrogen (secondary N) is 1. The van der Waals surface area contributed by atoms with E-state index in [0.29, 0.717) is 56.5 Å². The molecule has 1 saturated heterocycles. The van der Waals surface area contributed by atoms with Gasteiger partial charge in [-0.3, -0.25) is 9.69 Å². The van der Waals surface area contributed by atoms with Gasteiger partial charge in [-0.2, -0.15) is 0 Å². The molecule has 3 aromatic rings. The summed E-state index contributed by atoms with van der Waals surface area (Å²) in [5.74, 6) is 1.10. The first-order valence-electron chi connectivity index (χ1n) is 15.7. The Bertz CT molecular complexity index is 1300. The van der Waals surface area contributed by atoms with E-state index in [1.807, 2.05) is 79.4 Å². The number of nitrogens with zero attached hydrogens (tertiary/aromatic N) is 2. The number of rotatable bonds is 15. The molecule has 3 aromatic carbocycles. The van der Waals surface area contributed by atoms with E-state index in [4.69, 9.17) is 18.9 Å². The molecule has 1 aliphatic heterocycles. The first-order chi connectivity index (χ1) is 21.9. The lowest BCUT2D eigenvalue weighted by Crippen LogP contribution is -2.54. The Morgan fingerprint density at radius 2 is 1.52 bits per heavy atom. The molecule has 0 unspecified atom stereocenters. The molecule has 46 heavy (non-hydrogen) atoms. The molecule has 4 rings (SSSR count). The second kappa shape index (κ2) is 19.0. The SMILES string of the molecule is COCCCOc1cc(C(=O)N(C(C)C)[C@H]2CNC[C@@H](COC(=O)N(Cc3ccccc3)Cc3ccccc3)C2)ccc1OC.Cl. The average molecular weight is 654 g/mol. The summed E-state index contributed by atoms with van der Waals surface area (Å²) in [4.78, 5) is 31.0. The number of hydrogen-bond acceptors (Lipinski definition) is 7. The Balaban J connectivity index is 0.00000576. The number of carbonyl (C=O) groups excluding carboxylic acids is 2. The van der Waals surface area contributed by atoms with Gasteiger partial charge in [-0.25, -0.2) is 4.79 Å². The fourth-order valence-electron chi connectivity index (χ4n) is 5.70. The number of hydrogen-bond donors (Lipinski definition) is 1. The second-order valence-electron chi connectivity index (χ2n) is 11.7. The Hall–Kier alpha value is -3.79. The van der Waals surface area contributed by atoms with E-state index in [9.17, 15) is 9.59 Å². The molecule has 0 radical (unpaired) electrons. The largest absolute Gasteiger partial charge is 0.493 e. The van der Waals surface area contributed by atoms with Crippen molar-refractivity contribution in [2.24, 2.45) is 5.92 Å². The fourth-order valence-corrected chi connectivity index (χ4v) is 5.70. The van der Waals surface area contributed by atoms with Gasteiger partial charge in [-0.1, -0.05) is 60.7 Å². The van der Waals surface area contributed by atoms with Gasteiger partial charge < -0.3 is 29.2 Å². The lowest BCUT2D eigenvalue weighted by Gasteiger charge is -2.40. The molecular weight excluding hydrogens is 606 g/mol. The molecule has 9 nitrogen and oxygen atoms in total. The van der Waals surface area contributed by atoms with E-state index in [2.05, 4.69) is 5.32 Å². The normalized spacial score (nSPS) is 15.8. The van der Waals surface area contributed by atoms with E-state index in [0.717, 1.165) is 24.0 Å². The highest BCUT2D eigenvalue weighted by atomic mass is 35.5. The van der Waals surface area contributed by atoms with Crippen molar-refractivity contribution in [3.05, 3.63) is 95.6 Å². The molecule has 2 amide bonds. The van der Waals surface area contributed by atoms with Crippen LogP contribution in [-0.4, -0.2) is 81.0 Å². The van der Waals surface area contributed by atoms with Crippen LogP contribution in [0.1, 0.15) is 48.2 Å². The van der Waals surface area contributed by atoms with E-state index in [-0.39, 0.29) is 49.0 Å². The van der Waals surface area contributed by atoms with Crippen molar-refractivity contribution in [1.82, 2.24) is 15.1 Å². The third kappa shape index (κ3) is 10.6. The second-order valence-corrected chi connectivity index (χ2v) is 11.7. The van der Waals surface area contributed by atoms with Crippen molar-refractivity contribution >= 4 is 24.4 Å². The van der Waals surface area contributed by atoms with Crippen LogP contribution in [0.3, 0.4) is 0 Å². The molecule has 0 bridgehead atoms. The summed E-state index contributed by atoms with van der Waals surface area (Å²) in [6.45, 7) is 7.65. The maximum absolute atomic E-state index is 13.9. The van der Waals surface area contributed by atoms with Gasteiger partial charge in [-0.05, 0) is 49.6 Å². The maximum Gasteiger partial charge on any atom is 0.410 e. The molecule has 0 aromatic heterocycles. The third-order valence-electron chi connectivity index (χ3n) is 7.90. The van der Waals surface area contributed by atoms with Gasteiger partial charge in [0.15, 0.2) is 11.5 Å². The first-order valence-corrected chi connectivity index (χ1v) is 15.7. The molecule has 2 atom stereocenters. The summed E-state index contributed by atoms with van der Waals surface area (Å²) >= 11 is 0. The first kappa shape index (κ1) is 36.7. The van der Waals surface area contributed by atoms with Gasteiger partial charge in [0.2, 0.25) is 0 Å². The average Bonchev–Trinajstić information content (AvgIpc) is 3.06. The van der Waals surface area contributed by atoms with Crippen LogP contribution >= 0.6 is 12.4 Å². The number of ether oxygens (including phenoxy) is 4. The lowest BCUT2D eigenvalue weighted by molar-refractivity contribution is 0.0431. The third-order valence-corrected chi connectivity index (χ3v) is 7.90. The molecule has 0 aliphatic carbocycles. The zero-order chi connectivity index (χ0) is 32.0. The summed E-state index contributed by atoms with van der Waals surface area (Å²) in [5, 5.41) is 3.47. The van der Waals surface area contributed by atoms with Gasteiger partial charge in [0, 0.05) is 69.9 Å². The van der Waals surface area contributed by atoms with E-state index in [1.54, 1.807) is 37.3 Å². The Labute approximate surface area is 279 Å². The van der Waals surface area contributed by atoms with Gasteiger partial charge in [0.05, 0.1) is 20.3 Å². The molecular formula is C36H48ClN3O6. The Kier molecular flexibility index (Phi) is 15.2. The predicted octanol–water partition coefficient (Wildman–Crippen LogP) is 6.20. The summed E-state index contributed by atoms with van der Waals surface area (Å²) < 4.78 is 22.4. The monoisotopic (exact) mass is 653 g/mol. The highest BCUT2D eigenvalue weighted by Crippen LogP contribution is 2.30. The van der Waals surface area contributed by atoms with Gasteiger partial charge in [0.25, 0.3) is 5.91 Å². The molecule has 1 fully saturated rings. The van der Waals surface area contributed by atoms with Crippen LogP contribution in [0.15, 0.2) is 78.9 Å². The standard InChI is InChI=1S/C36H47N3O6.ClH/c1-27(2)39(35(40)31-16-17-33(43-4)34(21-31)44-19-11-18-42-3)32-20-30(22-37-23-32)26-45-36(41)38(24-28-12-7-5-8-13-28)25-29-14-9-6-10-15-29;/h5-10,12-17,21,27,30,32,37H,11,18-20,22-26H2,1-4H3;1H/t30-,32+;/m0./s1. The van der Waals surface area contributed by atoms with E-state index < -0.39 is 0 Å². The molecule has 0 spiro atoms. The van der Waals surface area contributed by atoms with Crippen LogP contribution < -0.4 is 14.8 Å². The molecule has 0 saturated carbocycles. The highest BCUT2D eigenvalue weighted by Gasteiger charge is 2.33. The van der Waals surface area contributed by atoms with Crippen molar-refractivity contribution in [2.75, 3.05) is 47.1 Å². The number of amides is 2. The van der Waals surface area contributed by atoms with Crippen LogP contribution in [-0.2, 0) is 22.6 Å². The molecule has 1 heterocycles. The van der Waals surface area contributed by atoms with Crippen molar-refractivity contribution in [2.45, 2.75) is 51.9 Å². The van der Waals surface area contributed by atoms with E-state index >= 15 is 0 Å². The quantitative estimate of drug-likeness (QED) is 0.195. The minimum Gasteiger partial charge on any atom is -0.493 e. The molecule has 1 N–H and O–H groups in total. The number of piperidine rings is 1. The molecule has 10 heteroatoms. The Morgan fingerprint density at radius 3 is 2.11 bits per heavy atom. The summed E-state index contributed by atoms with van der Waals surface area (Å²) in [5.41, 5.74) is 2.62. The number of methoxy groups -OCH3 is 2. The van der Waals surface area contributed by atoms with Gasteiger partial charge in [-0.15, -0.1) is 12.4 Å². The summed E-state index contributed by atoms with van der Waals surface area (Å²) in [6.07, 6.45) is 1.10. The highest BCUT2D eigenvalue weighted by molar-refractivity contribution is 5.95. The van der Waals surface area contributed by atoms with Crippen molar-refractivity contribution in [3.8, 4) is 11.5 Å². The van der Waals surface area contributed by atoms with Crippen molar-refractivity contribution in [3.63, 3.8) is 0 Å². The van der Waals surface area contributed by atoms with Crippen LogP contribution in [0, 0.1) is 5.92 Å². The van der Waals surface area contributed by atoms with Gasteiger partial charge >= 0.3 is 6.09 Å². The lowest BCUT2D eigenvalue weighted by atomic mass is 9.94. The maximum atomic E-state index is 13.9. The van der Waals surface area contributed by atoms with E-state index in [1.165, 1.54) is 0 Å². The van der Waals surface area contributed by atoms with Gasteiger partial charge in [0.1, 0.15) is 0 Å². The Morgan fingerprint density at radius 1 is 0.870 bits per heavy atom. The van der Waals surface area contributed by atoms with Crippen LogP contribution in [0.5, 0.6) is 11.5 Å². The minimum atomic E-state index is -0.349. The van der Waals surface area contributed by atoms with Crippen molar-refractivity contribution in [1.29, 1.82) is 0 Å². The van der Waals surface area contributed by atoms with Crippen LogP contribution in [0.2, 0.25) is 0 Å². The summed E-state index contributed by atoms with van der Waals surface area (Å²) in [6, 6.07) is 25.1.